The van der Waals surface area contributed by atoms with E-state index in [9.17, 15) is 0 Å². The first-order valence-electron chi connectivity index (χ1n) is 3.99. The fraction of sp³-hybridized carbons (Fsp3) is 0.333. The highest BCUT2D eigenvalue weighted by Crippen LogP contribution is 2.23. The normalized spacial score (nSPS) is 12.5. The van der Waals surface area contributed by atoms with Crippen molar-refractivity contribution >= 4 is 15.9 Å². The van der Waals surface area contributed by atoms with Gasteiger partial charge in [-0.25, -0.2) is 0 Å². The molecule has 0 fully saturated rings. The van der Waals surface area contributed by atoms with Crippen LogP contribution in [-0.2, 0) is 0 Å². The van der Waals surface area contributed by atoms with Gasteiger partial charge in [-0.3, -0.25) is 0 Å². The number of para-hydroxylation sites is 1. The average Bonchev–Trinajstić information content (AvgIpc) is 2.16. The van der Waals surface area contributed by atoms with Crippen molar-refractivity contribution in [2.24, 2.45) is 5.73 Å². The maximum absolute atomic E-state index is 9.14. The van der Waals surface area contributed by atoms with Gasteiger partial charge in [0.2, 0.25) is 0 Å². The third kappa shape index (κ3) is 3.34. The highest BCUT2D eigenvalue weighted by Gasteiger charge is 2.03. The van der Waals surface area contributed by atoms with Crippen molar-refractivity contribution in [1.29, 1.82) is 0 Å². The molecular formula is C9H12BrNO2. The fourth-order valence-electron chi connectivity index (χ4n) is 0.816. The van der Waals surface area contributed by atoms with Crippen molar-refractivity contribution in [1.82, 2.24) is 0 Å². The van der Waals surface area contributed by atoms with Crippen LogP contribution in [0.3, 0.4) is 0 Å². The van der Waals surface area contributed by atoms with Crippen LogP contribution >= 0.6 is 15.9 Å². The molecule has 1 rings (SSSR count). The third-order valence-electron chi connectivity index (χ3n) is 1.54. The summed E-state index contributed by atoms with van der Waals surface area (Å²) in [5, 5.41) is 9.14. The number of ether oxygens (including phenoxy) is 1. The van der Waals surface area contributed by atoms with E-state index in [1.165, 1.54) is 0 Å². The first-order valence-corrected chi connectivity index (χ1v) is 4.79. The molecule has 0 bridgehead atoms. The molecule has 13 heavy (non-hydrogen) atoms. The maximum atomic E-state index is 9.14. The monoisotopic (exact) mass is 245 g/mol. The van der Waals surface area contributed by atoms with Crippen molar-refractivity contribution < 1.29 is 9.84 Å². The van der Waals surface area contributed by atoms with Crippen LogP contribution in [0.15, 0.2) is 28.7 Å². The topological polar surface area (TPSA) is 55.5 Å². The van der Waals surface area contributed by atoms with Gasteiger partial charge in [0, 0.05) is 6.54 Å². The van der Waals surface area contributed by atoms with E-state index >= 15 is 0 Å². The second-order valence-electron chi connectivity index (χ2n) is 2.63. The molecule has 0 amide bonds. The Kier molecular flexibility index (Phi) is 4.21. The van der Waals surface area contributed by atoms with E-state index < -0.39 is 6.10 Å². The average molecular weight is 246 g/mol. The van der Waals surface area contributed by atoms with Crippen LogP contribution < -0.4 is 10.5 Å². The Labute approximate surface area is 85.6 Å². The van der Waals surface area contributed by atoms with Crippen LogP contribution in [0.2, 0.25) is 0 Å². The third-order valence-corrected chi connectivity index (χ3v) is 2.20. The van der Waals surface area contributed by atoms with Gasteiger partial charge in [0.1, 0.15) is 18.5 Å². The van der Waals surface area contributed by atoms with Gasteiger partial charge in [-0.1, -0.05) is 12.1 Å². The van der Waals surface area contributed by atoms with Gasteiger partial charge in [0.15, 0.2) is 0 Å². The summed E-state index contributed by atoms with van der Waals surface area (Å²) in [4.78, 5) is 0. The van der Waals surface area contributed by atoms with Crippen LogP contribution in [-0.4, -0.2) is 24.4 Å². The number of rotatable bonds is 4. The second kappa shape index (κ2) is 5.21. The number of halogens is 1. The van der Waals surface area contributed by atoms with Crippen LogP contribution in [0.25, 0.3) is 0 Å². The van der Waals surface area contributed by atoms with E-state index in [2.05, 4.69) is 15.9 Å². The fourth-order valence-corrected chi connectivity index (χ4v) is 1.22. The minimum absolute atomic E-state index is 0.213. The SMILES string of the molecule is NC[C@H](O)COc1ccccc1Br. The summed E-state index contributed by atoms with van der Waals surface area (Å²) >= 11 is 3.33. The maximum Gasteiger partial charge on any atom is 0.133 e. The van der Waals surface area contributed by atoms with Crippen molar-refractivity contribution in [3.8, 4) is 5.75 Å². The standard InChI is InChI=1S/C9H12BrNO2/c10-8-3-1-2-4-9(8)13-6-7(12)5-11/h1-4,7,12H,5-6,11H2/t7-/m0/s1. The highest BCUT2D eigenvalue weighted by atomic mass is 79.9. The molecule has 1 atom stereocenters. The highest BCUT2D eigenvalue weighted by molar-refractivity contribution is 9.10. The van der Waals surface area contributed by atoms with Gasteiger partial charge in [-0.05, 0) is 28.1 Å². The molecule has 0 saturated heterocycles. The molecule has 0 aromatic heterocycles. The van der Waals surface area contributed by atoms with Crippen molar-refractivity contribution in [2.75, 3.05) is 13.2 Å². The molecule has 0 unspecified atom stereocenters. The predicted octanol–water partition coefficient (Wildman–Crippen LogP) is 1.15. The molecule has 72 valence electrons. The number of hydrogen-bond donors (Lipinski definition) is 2. The Balaban J connectivity index is 2.50. The van der Waals surface area contributed by atoms with Crippen LogP contribution in [0.4, 0.5) is 0 Å². The number of benzene rings is 1. The smallest absolute Gasteiger partial charge is 0.133 e. The first-order chi connectivity index (χ1) is 6.24. The minimum atomic E-state index is -0.605. The Morgan fingerprint density at radius 1 is 1.46 bits per heavy atom. The molecule has 4 heteroatoms. The molecule has 1 aromatic rings. The summed E-state index contributed by atoms with van der Waals surface area (Å²) in [6, 6.07) is 7.47. The number of aliphatic hydroxyl groups excluding tert-OH is 1. The summed E-state index contributed by atoms with van der Waals surface area (Å²) in [6.45, 7) is 0.434. The zero-order valence-corrected chi connectivity index (χ0v) is 8.70. The van der Waals surface area contributed by atoms with Gasteiger partial charge in [0.05, 0.1) is 4.47 Å². The lowest BCUT2D eigenvalue weighted by Crippen LogP contribution is -2.26. The molecule has 1 aromatic carbocycles. The van der Waals surface area contributed by atoms with E-state index in [0.717, 1.165) is 10.2 Å². The van der Waals surface area contributed by atoms with Crippen molar-refractivity contribution in [3.05, 3.63) is 28.7 Å². The first kappa shape index (κ1) is 10.5. The van der Waals surface area contributed by atoms with Crippen molar-refractivity contribution in [2.45, 2.75) is 6.10 Å². The Bertz CT molecular complexity index is 268. The molecule has 0 aliphatic carbocycles. The largest absolute Gasteiger partial charge is 0.490 e. The Hall–Kier alpha value is -0.580. The van der Waals surface area contributed by atoms with Gasteiger partial charge in [-0.15, -0.1) is 0 Å². The zero-order chi connectivity index (χ0) is 9.68. The number of nitrogens with two attached hydrogens (primary N) is 1. The van der Waals surface area contributed by atoms with Gasteiger partial charge in [0.25, 0.3) is 0 Å². The molecule has 0 saturated carbocycles. The molecule has 0 radical (unpaired) electrons. The van der Waals surface area contributed by atoms with Gasteiger partial charge >= 0.3 is 0 Å². The van der Waals surface area contributed by atoms with Crippen molar-refractivity contribution in [3.63, 3.8) is 0 Å². The molecule has 3 N–H and O–H groups in total. The molecule has 3 nitrogen and oxygen atoms in total. The van der Waals surface area contributed by atoms with E-state index in [1.54, 1.807) is 0 Å². The van der Waals surface area contributed by atoms with Crippen LogP contribution in [0.5, 0.6) is 5.75 Å². The van der Waals surface area contributed by atoms with E-state index in [4.69, 9.17) is 15.6 Å². The number of aliphatic hydroxyl groups is 1. The summed E-state index contributed by atoms with van der Waals surface area (Å²) in [6.07, 6.45) is -0.605. The van der Waals surface area contributed by atoms with Crippen LogP contribution in [0, 0.1) is 0 Å². The second-order valence-corrected chi connectivity index (χ2v) is 3.49. The van der Waals surface area contributed by atoms with Gasteiger partial charge < -0.3 is 15.6 Å². The molecule has 0 aliphatic rings. The minimum Gasteiger partial charge on any atom is -0.490 e. The molecule has 0 spiro atoms. The predicted molar refractivity (Wildman–Crippen MR) is 54.7 cm³/mol. The lowest BCUT2D eigenvalue weighted by molar-refractivity contribution is 0.114. The summed E-state index contributed by atoms with van der Waals surface area (Å²) in [5.41, 5.74) is 5.23. The van der Waals surface area contributed by atoms with Gasteiger partial charge in [-0.2, -0.15) is 0 Å². The van der Waals surface area contributed by atoms with E-state index in [1.807, 2.05) is 24.3 Å². The lowest BCUT2D eigenvalue weighted by Gasteiger charge is -2.10. The van der Waals surface area contributed by atoms with Crippen LogP contribution in [0.1, 0.15) is 0 Å². The summed E-state index contributed by atoms with van der Waals surface area (Å²) in [7, 11) is 0. The summed E-state index contributed by atoms with van der Waals surface area (Å²) < 4.78 is 6.19. The lowest BCUT2D eigenvalue weighted by atomic mass is 10.3. The number of hydrogen-bond acceptors (Lipinski definition) is 3. The molecular weight excluding hydrogens is 234 g/mol. The molecule has 0 heterocycles. The quantitative estimate of drug-likeness (QED) is 0.837. The Morgan fingerprint density at radius 3 is 2.77 bits per heavy atom. The summed E-state index contributed by atoms with van der Waals surface area (Å²) in [5.74, 6) is 0.718. The Morgan fingerprint density at radius 2 is 2.15 bits per heavy atom. The van der Waals surface area contributed by atoms with E-state index in [0.29, 0.717) is 0 Å². The van der Waals surface area contributed by atoms with E-state index in [-0.39, 0.29) is 13.2 Å². The zero-order valence-electron chi connectivity index (χ0n) is 7.11. The molecule has 0 aliphatic heterocycles.